The maximum atomic E-state index is 12.7. The number of thiophene rings is 1. The first-order valence-corrected chi connectivity index (χ1v) is 9.59. The second kappa shape index (κ2) is 7.36. The van der Waals surface area contributed by atoms with Crippen molar-refractivity contribution in [2.24, 2.45) is 11.8 Å². The summed E-state index contributed by atoms with van der Waals surface area (Å²) in [6, 6.07) is 3.88. The average molecular weight is 357 g/mol. The van der Waals surface area contributed by atoms with Crippen LogP contribution < -0.4 is 5.32 Å². The van der Waals surface area contributed by atoms with E-state index in [4.69, 9.17) is 5.26 Å². The van der Waals surface area contributed by atoms with Crippen molar-refractivity contribution in [3.05, 3.63) is 34.3 Å². The molecule has 0 aromatic carbocycles. The molecule has 0 radical (unpaired) electrons. The van der Waals surface area contributed by atoms with Crippen LogP contribution in [-0.2, 0) is 12.1 Å². The number of amides is 1. The molecule has 2 aromatic rings. The Morgan fingerprint density at radius 1 is 1.48 bits per heavy atom. The molecule has 2 aromatic heterocycles. The average Bonchev–Trinajstić information content (AvgIpc) is 3.27. The van der Waals surface area contributed by atoms with Crippen LogP contribution in [-0.4, -0.2) is 20.9 Å². The molecule has 1 atom stereocenters. The minimum absolute atomic E-state index is 0.0859. The van der Waals surface area contributed by atoms with Gasteiger partial charge in [-0.1, -0.05) is 19.8 Å². The topological polar surface area (TPSA) is 83.6 Å². The van der Waals surface area contributed by atoms with E-state index in [1.807, 2.05) is 29.8 Å². The molecular formula is C18H23N5OS. The smallest absolute Gasteiger partial charge is 0.252 e. The summed E-state index contributed by atoms with van der Waals surface area (Å²) in [6.07, 6.45) is 6.09. The van der Waals surface area contributed by atoms with Gasteiger partial charge in [-0.25, -0.2) is 0 Å². The third-order valence-electron chi connectivity index (χ3n) is 5.27. The molecule has 25 heavy (non-hydrogen) atoms. The third-order valence-corrected chi connectivity index (χ3v) is 5.95. The highest BCUT2D eigenvalue weighted by atomic mass is 32.1. The van der Waals surface area contributed by atoms with Crippen LogP contribution in [0.1, 0.15) is 55.6 Å². The van der Waals surface area contributed by atoms with Crippen LogP contribution in [0.5, 0.6) is 0 Å². The fourth-order valence-corrected chi connectivity index (χ4v) is 4.23. The normalized spacial score (nSPS) is 22.8. The van der Waals surface area contributed by atoms with Crippen molar-refractivity contribution in [3.63, 3.8) is 0 Å². The zero-order valence-corrected chi connectivity index (χ0v) is 15.4. The highest BCUT2D eigenvalue weighted by Crippen LogP contribution is 2.40. The second-order valence-corrected chi connectivity index (χ2v) is 7.82. The number of carbonyl (C=O) groups excluding carboxylic acids is 1. The second-order valence-electron chi connectivity index (χ2n) is 7.04. The number of hydrogen-bond acceptors (Lipinski definition) is 5. The van der Waals surface area contributed by atoms with Crippen LogP contribution >= 0.6 is 11.3 Å². The number of carbonyl (C=O) groups is 1. The third kappa shape index (κ3) is 3.74. The van der Waals surface area contributed by atoms with Gasteiger partial charge in [-0.2, -0.15) is 31.6 Å². The number of nitrogens with one attached hydrogen (secondary N) is 1. The predicted octanol–water partition coefficient (Wildman–Crippen LogP) is 3.33. The van der Waals surface area contributed by atoms with E-state index < -0.39 is 5.54 Å². The summed E-state index contributed by atoms with van der Waals surface area (Å²) in [5.41, 5.74) is 0.808. The summed E-state index contributed by atoms with van der Waals surface area (Å²) >= 11 is 1.51. The fraction of sp³-hybridized carbons (Fsp3) is 0.556. The lowest BCUT2D eigenvalue weighted by Crippen LogP contribution is -2.50. The van der Waals surface area contributed by atoms with Gasteiger partial charge >= 0.3 is 0 Å². The number of aromatic nitrogens is 3. The van der Waals surface area contributed by atoms with E-state index in [0.717, 1.165) is 37.3 Å². The monoisotopic (exact) mass is 357 g/mol. The predicted molar refractivity (Wildman–Crippen MR) is 95.9 cm³/mol. The Morgan fingerprint density at radius 3 is 2.88 bits per heavy atom. The highest BCUT2D eigenvalue weighted by molar-refractivity contribution is 7.08. The van der Waals surface area contributed by atoms with Crippen LogP contribution in [0.15, 0.2) is 23.0 Å². The van der Waals surface area contributed by atoms with Crippen molar-refractivity contribution in [1.82, 2.24) is 20.3 Å². The molecule has 132 valence electrons. The molecular weight excluding hydrogens is 334 g/mol. The van der Waals surface area contributed by atoms with Gasteiger partial charge in [0, 0.05) is 5.38 Å². The first kappa shape index (κ1) is 17.6. The minimum atomic E-state index is -0.590. The summed E-state index contributed by atoms with van der Waals surface area (Å²) in [6.45, 7) is 4.43. The first-order valence-electron chi connectivity index (χ1n) is 8.65. The van der Waals surface area contributed by atoms with Crippen molar-refractivity contribution in [2.45, 2.75) is 51.6 Å². The van der Waals surface area contributed by atoms with Gasteiger partial charge in [0.05, 0.1) is 23.4 Å². The molecule has 1 saturated carbocycles. The molecule has 1 aliphatic rings. The molecule has 0 aliphatic heterocycles. The molecule has 0 saturated heterocycles. The molecule has 3 rings (SSSR count). The summed E-state index contributed by atoms with van der Waals surface area (Å²) in [4.78, 5) is 14.1. The van der Waals surface area contributed by atoms with Gasteiger partial charge in [0.15, 0.2) is 0 Å². The Kier molecular flexibility index (Phi) is 5.19. The Balaban J connectivity index is 1.89. The molecule has 0 bridgehead atoms. The summed E-state index contributed by atoms with van der Waals surface area (Å²) in [7, 11) is 0. The Morgan fingerprint density at radius 2 is 2.24 bits per heavy atom. The zero-order valence-electron chi connectivity index (χ0n) is 14.6. The van der Waals surface area contributed by atoms with Crippen LogP contribution in [0.3, 0.4) is 0 Å². The summed E-state index contributed by atoms with van der Waals surface area (Å²) in [5.74, 6) is 0.943. The van der Waals surface area contributed by atoms with E-state index in [1.54, 1.807) is 6.20 Å². The first-order chi connectivity index (χ1) is 12.0. The minimum Gasteiger partial charge on any atom is -0.341 e. The van der Waals surface area contributed by atoms with Gasteiger partial charge in [0.1, 0.15) is 12.2 Å². The van der Waals surface area contributed by atoms with Gasteiger partial charge in [0.25, 0.3) is 5.91 Å². The van der Waals surface area contributed by atoms with Gasteiger partial charge in [-0.3, -0.25) is 4.79 Å². The van der Waals surface area contributed by atoms with Crippen LogP contribution in [0.2, 0.25) is 0 Å². The molecule has 1 amide bonds. The van der Waals surface area contributed by atoms with Crippen LogP contribution in [0.4, 0.5) is 0 Å². The lowest BCUT2D eigenvalue weighted by atomic mass is 9.71. The zero-order chi connectivity index (χ0) is 17.9. The Bertz CT molecular complexity index is 755. The lowest BCUT2D eigenvalue weighted by Gasteiger charge is -2.40. The molecule has 1 N–H and O–H groups in total. The molecule has 1 unspecified atom stereocenters. The van der Waals surface area contributed by atoms with Crippen LogP contribution in [0.25, 0.3) is 0 Å². The van der Waals surface area contributed by atoms with E-state index in [9.17, 15) is 4.79 Å². The van der Waals surface area contributed by atoms with E-state index >= 15 is 0 Å². The Labute approximate surface area is 151 Å². The van der Waals surface area contributed by atoms with Gasteiger partial charge in [-0.05, 0) is 43.0 Å². The van der Waals surface area contributed by atoms with Crippen molar-refractivity contribution in [1.29, 1.82) is 5.26 Å². The number of nitrogens with zero attached hydrogens (tertiary/aromatic N) is 4. The summed E-state index contributed by atoms with van der Waals surface area (Å²) in [5, 5.41) is 24.5. The molecule has 1 aliphatic carbocycles. The largest absolute Gasteiger partial charge is 0.341 e. The standard InChI is InChI=1S/C18H23N5OS/c1-13-3-5-15(6-4-13)18(2,16-11-20-23(22-16)9-8-19)21-17(24)14-7-10-25-12-14/h7,10-13,15H,3-6,9H2,1-2H3,(H,21,24). The van der Waals surface area contributed by atoms with E-state index in [-0.39, 0.29) is 12.5 Å². The van der Waals surface area contributed by atoms with Gasteiger partial charge in [-0.15, -0.1) is 0 Å². The number of nitriles is 1. The lowest BCUT2D eigenvalue weighted by molar-refractivity contribution is 0.0812. The maximum absolute atomic E-state index is 12.7. The van der Waals surface area contributed by atoms with Gasteiger partial charge < -0.3 is 5.32 Å². The van der Waals surface area contributed by atoms with Crippen molar-refractivity contribution in [3.8, 4) is 6.07 Å². The van der Waals surface area contributed by atoms with Gasteiger partial charge in [0.2, 0.25) is 0 Å². The number of hydrogen-bond donors (Lipinski definition) is 1. The van der Waals surface area contributed by atoms with Crippen molar-refractivity contribution < 1.29 is 4.79 Å². The fourth-order valence-electron chi connectivity index (χ4n) is 3.59. The Hall–Kier alpha value is -2.20. The number of rotatable bonds is 5. The van der Waals surface area contributed by atoms with E-state index in [2.05, 4.69) is 22.4 Å². The van der Waals surface area contributed by atoms with Crippen molar-refractivity contribution in [2.75, 3.05) is 0 Å². The summed E-state index contributed by atoms with van der Waals surface area (Å²) < 4.78 is 0. The van der Waals surface area contributed by atoms with Crippen molar-refractivity contribution >= 4 is 17.2 Å². The molecule has 0 spiro atoms. The maximum Gasteiger partial charge on any atom is 0.252 e. The molecule has 6 nitrogen and oxygen atoms in total. The van der Waals surface area contributed by atoms with Crippen LogP contribution in [0, 0.1) is 23.2 Å². The SMILES string of the molecule is CC1CCC(C(C)(NC(=O)c2ccsc2)c2cnn(CC#N)n2)CC1. The van der Waals surface area contributed by atoms with E-state index in [0.29, 0.717) is 11.5 Å². The van der Waals surface area contributed by atoms with E-state index in [1.165, 1.54) is 16.1 Å². The highest BCUT2D eigenvalue weighted by Gasteiger charge is 2.41. The molecule has 2 heterocycles. The molecule has 7 heteroatoms. The molecule has 1 fully saturated rings. The quantitative estimate of drug-likeness (QED) is 0.889.